The smallest absolute Gasteiger partial charge is 0.299 e. The van der Waals surface area contributed by atoms with Gasteiger partial charge in [0, 0.05) is 21.3 Å². The molecule has 4 rings (SSSR count). The second-order valence-electron chi connectivity index (χ2n) is 7.10. The van der Waals surface area contributed by atoms with Crippen LogP contribution < -0.4 is 4.72 Å². The van der Waals surface area contributed by atoms with E-state index in [9.17, 15) is 28.5 Å². The summed E-state index contributed by atoms with van der Waals surface area (Å²) in [6.07, 6.45) is 0. The van der Waals surface area contributed by atoms with Crippen molar-refractivity contribution in [2.24, 2.45) is 10.2 Å². The maximum Gasteiger partial charge on any atom is 0.299 e. The molecule has 0 heterocycles. The molecule has 1 amide bonds. The number of halogens is 1. The number of hydrogen-bond acceptors (Lipinski definition) is 7. The molecule has 4 aromatic carbocycles. The number of hydrogen-bond donors (Lipinski definition) is 4. The number of sulfonamides is 1. The molecule has 34 heavy (non-hydrogen) atoms. The Bertz CT molecular complexity index is 1550. The first-order chi connectivity index (χ1) is 16.2. The van der Waals surface area contributed by atoms with E-state index < -0.39 is 21.7 Å². The monoisotopic (exact) mass is 541 g/mol. The Morgan fingerprint density at radius 1 is 0.882 bits per heavy atom. The van der Waals surface area contributed by atoms with Gasteiger partial charge in [-0.05, 0) is 42.5 Å². The van der Waals surface area contributed by atoms with E-state index in [0.29, 0.717) is 9.86 Å². The Kier molecular flexibility index (Phi) is 6.22. The molecule has 0 aliphatic rings. The van der Waals surface area contributed by atoms with Gasteiger partial charge in [-0.1, -0.05) is 40.2 Å². The highest BCUT2D eigenvalue weighted by molar-refractivity contribution is 9.10. The highest BCUT2D eigenvalue weighted by Gasteiger charge is 2.19. The molecule has 0 unspecified atom stereocenters. The van der Waals surface area contributed by atoms with Crippen molar-refractivity contribution in [2.45, 2.75) is 4.90 Å². The van der Waals surface area contributed by atoms with Gasteiger partial charge in [0.05, 0.1) is 16.1 Å². The SMILES string of the molecule is O=C(N=Nc1cc(NS(=O)(=O)c2ccc(Br)cc2)c2ccccc2c1O)c1ccc(O)cc1O. The van der Waals surface area contributed by atoms with Crippen LogP contribution in [0.3, 0.4) is 0 Å². The predicted octanol–water partition coefficient (Wildman–Crippen LogP) is 5.44. The van der Waals surface area contributed by atoms with E-state index in [2.05, 4.69) is 30.9 Å². The molecule has 0 fully saturated rings. The van der Waals surface area contributed by atoms with Gasteiger partial charge in [0.2, 0.25) is 0 Å². The molecule has 9 nitrogen and oxygen atoms in total. The van der Waals surface area contributed by atoms with Crippen LogP contribution in [0.15, 0.2) is 92.4 Å². The number of nitrogens with one attached hydrogen (secondary N) is 1. The number of anilines is 1. The molecule has 0 bridgehead atoms. The van der Waals surface area contributed by atoms with E-state index >= 15 is 0 Å². The number of carbonyl (C=O) groups excluding carboxylic acids is 1. The number of benzene rings is 4. The molecule has 0 saturated carbocycles. The van der Waals surface area contributed by atoms with Crippen LogP contribution in [0.2, 0.25) is 0 Å². The number of amides is 1. The second kappa shape index (κ2) is 9.12. The summed E-state index contributed by atoms with van der Waals surface area (Å²) in [5.74, 6) is -1.97. The fourth-order valence-electron chi connectivity index (χ4n) is 3.18. The van der Waals surface area contributed by atoms with Crippen molar-refractivity contribution < 1.29 is 28.5 Å². The van der Waals surface area contributed by atoms with Gasteiger partial charge in [-0.2, -0.15) is 0 Å². The molecule has 0 spiro atoms. The molecule has 0 saturated heterocycles. The zero-order valence-electron chi connectivity index (χ0n) is 17.2. The van der Waals surface area contributed by atoms with Gasteiger partial charge in [0.25, 0.3) is 15.9 Å². The summed E-state index contributed by atoms with van der Waals surface area (Å²) in [6.45, 7) is 0. The number of rotatable bonds is 5. The number of carbonyl (C=O) groups is 1. The van der Waals surface area contributed by atoms with Gasteiger partial charge < -0.3 is 15.3 Å². The van der Waals surface area contributed by atoms with Crippen LogP contribution in [0.4, 0.5) is 11.4 Å². The summed E-state index contributed by atoms with van der Waals surface area (Å²) in [5.41, 5.74) is -0.262. The van der Waals surface area contributed by atoms with E-state index in [1.54, 1.807) is 36.4 Å². The lowest BCUT2D eigenvalue weighted by molar-refractivity contribution is 0.0992. The number of phenols is 3. The second-order valence-corrected chi connectivity index (χ2v) is 9.70. The fraction of sp³-hybridized carbons (Fsp3) is 0. The summed E-state index contributed by atoms with van der Waals surface area (Å²) in [7, 11) is -3.98. The van der Waals surface area contributed by atoms with Crippen LogP contribution in [-0.2, 0) is 10.0 Å². The quantitative estimate of drug-likeness (QED) is 0.195. The minimum atomic E-state index is -3.98. The maximum absolute atomic E-state index is 12.9. The average Bonchev–Trinajstić information content (AvgIpc) is 2.80. The zero-order chi connectivity index (χ0) is 24.5. The van der Waals surface area contributed by atoms with E-state index in [1.807, 2.05) is 0 Å². The Morgan fingerprint density at radius 3 is 2.24 bits per heavy atom. The molecule has 0 aliphatic heterocycles. The molecule has 172 valence electrons. The van der Waals surface area contributed by atoms with Gasteiger partial charge >= 0.3 is 0 Å². The first-order valence-electron chi connectivity index (χ1n) is 9.67. The van der Waals surface area contributed by atoms with Crippen LogP contribution in [-0.4, -0.2) is 29.6 Å². The van der Waals surface area contributed by atoms with E-state index in [1.165, 1.54) is 30.3 Å². The van der Waals surface area contributed by atoms with E-state index in [0.717, 1.165) is 6.07 Å². The number of phenolic OH excluding ortho intramolecular Hbond substituents is 3. The number of aromatic hydroxyl groups is 3. The summed E-state index contributed by atoms with van der Waals surface area (Å²) >= 11 is 3.26. The van der Waals surface area contributed by atoms with Gasteiger partial charge in [-0.3, -0.25) is 9.52 Å². The Morgan fingerprint density at radius 2 is 1.56 bits per heavy atom. The van der Waals surface area contributed by atoms with Crippen molar-refractivity contribution in [3.63, 3.8) is 0 Å². The van der Waals surface area contributed by atoms with Gasteiger partial charge in [0.15, 0.2) is 5.75 Å². The molecule has 0 aliphatic carbocycles. The van der Waals surface area contributed by atoms with Crippen molar-refractivity contribution in [2.75, 3.05) is 4.72 Å². The molecule has 0 atom stereocenters. The molecule has 4 aromatic rings. The molecular weight excluding hydrogens is 526 g/mol. The third-order valence-corrected chi connectivity index (χ3v) is 6.73. The molecule has 0 radical (unpaired) electrons. The van der Waals surface area contributed by atoms with Gasteiger partial charge in [0.1, 0.15) is 17.2 Å². The largest absolute Gasteiger partial charge is 0.508 e. The average molecular weight is 542 g/mol. The van der Waals surface area contributed by atoms with Crippen molar-refractivity contribution in [3.05, 3.63) is 82.8 Å². The first kappa shape index (κ1) is 23.2. The highest BCUT2D eigenvalue weighted by atomic mass is 79.9. The Labute approximate surface area is 202 Å². The summed E-state index contributed by atoms with van der Waals surface area (Å²) in [5, 5.41) is 37.9. The Hall–Kier alpha value is -3.96. The highest BCUT2D eigenvalue weighted by Crippen LogP contribution is 2.40. The minimum Gasteiger partial charge on any atom is -0.508 e. The molecular formula is C23H16BrN3O6S. The first-order valence-corrected chi connectivity index (χ1v) is 11.9. The fourth-order valence-corrected chi connectivity index (χ4v) is 4.51. The minimum absolute atomic E-state index is 0.0222. The number of nitrogens with zero attached hydrogens (tertiary/aromatic N) is 2. The third-order valence-electron chi connectivity index (χ3n) is 4.82. The Balaban J connectivity index is 1.75. The zero-order valence-corrected chi connectivity index (χ0v) is 19.6. The number of azo groups is 1. The third kappa shape index (κ3) is 4.70. The maximum atomic E-state index is 12.9. The van der Waals surface area contributed by atoms with Crippen LogP contribution in [0.25, 0.3) is 10.8 Å². The van der Waals surface area contributed by atoms with Crippen molar-refractivity contribution in [3.8, 4) is 17.2 Å². The lowest BCUT2D eigenvalue weighted by Gasteiger charge is -2.13. The lowest BCUT2D eigenvalue weighted by atomic mass is 10.1. The van der Waals surface area contributed by atoms with Crippen molar-refractivity contribution in [1.29, 1.82) is 0 Å². The van der Waals surface area contributed by atoms with Crippen molar-refractivity contribution in [1.82, 2.24) is 0 Å². The van der Waals surface area contributed by atoms with Gasteiger partial charge in [-0.25, -0.2) is 8.42 Å². The summed E-state index contributed by atoms with van der Waals surface area (Å²) in [4.78, 5) is 12.4. The van der Waals surface area contributed by atoms with Gasteiger partial charge in [-0.15, -0.1) is 10.2 Å². The van der Waals surface area contributed by atoms with E-state index in [-0.39, 0.29) is 38.7 Å². The van der Waals surface area contributed by atoms with Crippen LogP contribution in [0.1, 0.15) is 10.4 Å². The van der Waals surface area contributed by atoms with Crippen LogP contribution >= 0.6 is 15.9 Å². The topological polar surface area (TPSA) is 149 Å². The lowest BCUT2D eigenvalue weighted by Crippen LogP contribution is -2.13. The standard InChI is InChI=1S/C23H16BrN3O6S/c24-13-5-8-15(9-6-13)34(32,33)27-19-12-20(22(30)17-4-2-1-3-16(17)19)25-26-23(31)18-10-7-14(28)11-21(18)29/h1-12,27-30H. The number of fused-ring (bicyclic) bond motifs is 1. The summed E-state index contributed by atoms with van der Waals surface area (Å²) in [6, 6.07) is 17.1. The molecule has 4 N–H and O–H groups in total. The molecule has 0 aromatic heterocycles. The normalized spacial score (nSPS) is 11.7. The van der Waals surface area contributed by atoms with E-state index in [4.69, 9.17) is 0 Å². The molecule has 11 heteroatoms. The van der Waals surface area contributed by atoms with Crippen molar-refractivity contribution >= 4 is 54.0 Å². The van der Waals surface area contributed by atoms with Crippen LogP contribution in [0, 0.1) is 0 Å². The summed E-state index contributed by atoms with van der Waals surface area (Å²) < 4.78 is 29.1. The predicted molar refractivity (Wildman–Crippen MR) is 129 cm³/mol. The van der Waals surface area contributed by atoms with Crippen LogP contribution in [0.5, 0.6) is 17.2 Å².